The Hall–Kier alpha value is -2.32. The fourth-order valence-corrected chi connectivity index (χ4v) is 3.22. The van der Waals surface area contributed by atoms with E-state index in [0.717, 1.165) is 23.2 Å². The molecule has 3 aromatic rings. The highest BCUT2D eigenvalue weighted by Crippen LogP contribution is 2.24. The number of nitrogens with zero attached hydrogens (tertiary/aromatic N) is 2. The molecule has 2 nitrogen and oxygen atoms in total. The van der Waals surface area contributed by atoms with Gasteiger partial charge in [0, 0.05) is 33.9 Å². The highest BCUT2D eigenvalue weighted by Gasteiger charge is 2.09. The minimum absolute atomic E-state index is 0.708. The molecular formula is C22H23ClN2. The maximum Gasteiger partial charge on any atom is 0.0673 e. The van der Waals surface area contributed by atoms with E-state index in [1.54, 1.807) is 0 Å². The van der Waals surface area contributed by atoms with E-state index in [9.17, 15) is 0 Å². The third-order valence-electron chi connectivity index (χ3n) is 4.59. The first-order chi connectivity index (χ1) is 12.0. The average Bonchev–Trinajstić information content (AvgIpc) is 2.89. The third-order valence-corrected chi connectivity index (χ3v) is 4.82. The summed E-state index contributed by atoms with van der Waals surface area (Å²) in [7, 11) is 0. The molecule has 0 radical (unpaired) electrons. The molecule has 0 aliphatic rings. The number of aliphatic imine (C=N–C) groups is 1. The summed E-state index contributed by atoms with van der Waals surface area (Å²) in [6.07, 6.45) is 2.98. The minimum Gasteiger partial charge on any atom is -0.318 e. The summed E-state index contributed by atoms with van der Waals surface area (Å²) in [5, 5.41) is 0.708. The average molecular weight is 351 g/mol. The number of aryl methyl sites for hydroxylation is 3. The van der Waals surface area contributed by atoms with Crippen molar-refractivity contribution in [1.82, 2.24) is 4.57 Å². The predicted molar refractivity (Wildman–Crippen MR) is 108 cm³/mol. The Morgan fingerprint density at radius 2 is 1.72 bits per heavy atom. The van der Waals surface area contributed by atoms with Crippen LogP contribution < -0.4 is 0 Å². The van der Waals surface area contributed by atoms with E-state index in [1.165, 1.54) is 22.6 Å². The zero-order chi connectivity index (χ0) is 18.0. The summed E-state index contributed by atoms with van der Waals surface area (Å²) in [5.74, 6) is 0. The third kappa shape index (κ3) is 3.69. The van der Waals surface area contributed by atoms with Crippen LogP contribution in [0.25, 0.3) is 5.69 Å². The van der Waals surface area contributed by atoms with Crippen LogP contribution in [0.4, 0.5) is 5.69 Å². The fraction of sp³-hybridized carbons (Fsp3) is 0.227. The molecule has 0 fully saturated rings. The summed E-state index contributed by atoms with van der Waals surface area (Å²) < 4.78 is 2.27. The van der Waals surface area contributed by atoms with Crippen LogP contribution in [0.5, 0.6) is 0 Å². The molecule has 3 heteroatoms. The second-order valence-electron chi connectivity index (χ2n) is 6.37. The molecule has 0 unspecified atom stereocenters. The molecule has 0 aliphatic carbocycles. The second kappa shape index (κ2) is 7.28. The van der Waals surface area contributed by atoms with Crippen LogP contribution in [-0.2, 0) is 6.42 Å². The lowest BCUT2D eigenvalue weighted by Crippen LogP contribution is -1.99. The van der Waals surface area contributed by atoms with Crippen molar-refractivity contribution in [3.05, 3.63) is 81.6 Å². The standard InChI is InChI=1S/C22H23ClN2/c1-5-18-7-10-21(11-8-18)25-16(3)12-19(17(25)4)14-24-22-13-20(23)9-6-15(22)2/h6-14H,5H2,1-4H3. The molecule has 0 N–H and O–H groups in total. The largest absolute Gasteiger partial charge is 0.318 e. The van der Waals surface area contributed by atoms with Crippen molar-refractivity contribution in [3.63, 3.8) is 0 Å². The molecule has 0 atom stereocenters. The van der Waals surface area contributed by atoms with Crippen molar-refractivity contribution in [2.24, 2.45) is 4.99 Å². The van der Waals surface area contributed by atoms with Gasteiger partial charge >= 0.3 is 0 Å². The van der Waals surface area contributed by atoms with Crippen LogP contribution in [0.15, 0.2) is 53.5 Å². The number of benzene rings is 2. The van der Waals surface area contributed by atoms with Gasteiger partial charge in [-0.15, -0.1) is 0 Å². The van der Waals surface area contributed by atoms with Gasteiger partial charge in [0.25, 0.3) is 0 Å². The van der Waals surface area contributed by atoms with Crippen molar-refractivity contribution in [2.75, 3.05) is 0 Å². The smallest absolute Gasteiger partial charge is 0.0673 e. The molecule has 1 aromatic heterocycles. The first-order valence-electron chi connectivity index (χ1n) is 8.58. The van der Waals surface area contributed by atoms with Gasteiger partial charge in [0.2, 0.25) is 0 Å². The van der Waals surface area contributed by atoms with E-state index in [2.05, 4.69) is 60.7 Å². The Bertz CT molecular complexity index is 918. The zero-order valence-corrected chi connectivity index (χ0v) is 15.9. The van der Waals surface area contributed by atoms with Crippen molar-refractivity contribution in [2.45, 2.75) is 34.1 Å². The topological polar surface area (TPSA) is 17.3 Å². The molecule has 0 aliphatic heterocycles. The normalized spacial score (nSPS) is 11.4. The molecular weight excluding hydrogens is 328 g/mol. The van der Waals surface area contributed by atoms with Crippen molar-refractivity contribution in [3.8, 4) is 5.69 Å². The Morgan fingerprint density at radius 1 is 1.00 bits per heavy atom. The molecule has 2 aromatic carbocycles. The van der Waals surface area contributed by atoms with Gasteiger partial charge < -0.3 is 4.57 Å². The van der Waals surface area contributed by atoms with Crippen LogP contribution in [0, 0.1) is 20.8 Å². The molecule has 0 bridgehead atoms. The Balaban J connectivity index is 1.96. The van der Waals surface area contributed by atoms with E-state index >= 15 is 0 Å². The van der Waals surface area contributed by atoms with Gasteiger partial charge in [-0.3, -0.25) is 4.99 Å². The fourth-order valence-electron chi connectivity index (χ4n) is 3.06. The number of rotatable bonds is 4. The van der Waals surface area contributed by atoms with Crippen molar-refractivity contribution < 1.29 is 0 Å². The first kappa shape index (κ1) is 17.5. The lowest BCUT2D eigenvalue weighted by molar-refractivity contribution is 0.962. The van der Waals surface area contributed by atoms with Crippen LogP contribution >= 0.6 is 11.6 Å². The van der Waals surface area contributed by atoms with E-state index in [1.807, 2.05) is 31.3 Å². The minimum atomic E-state index is 0.708. The molecule has 1 heterocycles. The van der Waals surface area contributed by atoms with Gasteiger partial charge in [0.15, 0.2) is 0 Å². The van der Waals surface area contributed by atoms with Gasteiger partial charge in [0.05, 0.1) is 5.69 Å². The molecule has 0 spiro atoms. The van der Waals surface area contributed by atoms with E-state index in [4.69, 9.17) is 11.6 Å². The Kier molecular flexibility index (Phi) is 5.10. The van der Waals surface area contributed by atoms with Gasteiger partial charge in [0.1, 0.15) is 0 Å². The molecule has 0 amide bonds. The number of hydrogen-bond donors (Lipinski definition) is 0. The van der Waals surface area contributed by atoms with Crippen molar-refractivity contribution in [1.29, 1.82) is 0 Å². The van der Waals surface area contributed by atoms with Crippen LogP contribution in [-0.4, -0.2) is 10.8 Å². The van der Waals surface area contributed by atoms with Gasteiger partial charge in [-0.25, -0.2) is 0 Å². The highest BCUT2D eigenvalue weighted by molar-refractivity contribution is 6.30. The number of aromatic nitrogens is 1. The summed E-state index contributed by atoms with van der Waals surface area (Å²) in [5.41, 5.74) is 8.07. The summed E-state index contributed by atoms with van der Waals surface area (Å²) in [6, 6.07) is 16.7. The van der Waals surface area contributed by atoms with E-state index in [0.29, 0.717) is 5.02 Å². The number of hydrogen-bond acceptors (Lipinski definition) is 1. The monoisotopic (exact) mass is 350 g/mol. The molecule has 0 saturated carbocycles. The Morgan fingerprint density at radius 3 is 2.40 bits per heavy atom. The Labute approximate surface area is 154 Å². The maximum atomic E-state index is 6.09. The lowest BCUT2D eigenvalue weighted by atomic mass is 10.1. The summed E-state index contributed by atoms with van der Waals surface area (Å²) in [6.45, 7) is 8.48. The van der Waals surface area contributed by atoms with E-state index in [-0.39, 0.29) is 0 Å². The maximum absolute atomic E-state index is 6.09. The van der Waals surface area contributed by atoms with Gasteiger partial charge in [-0.1, -0.05) is 36.7 Å². The van der Waals surface area contributed by atoms with Crippen molar-refractivity contribution >= 4 is 23.5 Å². The molecule has 128 valence electrons. The first-order valence-corrected chi connectivity index (χ1v) is 8.96. The molecule has 0 saturated heterocycles. The highest BCUT2D eigenvalue weighted by atomic mass is 35.5. The second-order valence-corrected chi connectivity index (χ2v) is 6.81. The van der Waals surface area contributed by atoms with Crippen LogP contribution in [0.3, 0.4) is 0 Å². The SMILES string of the molecule is CCc1ccc(-n2c(C)cc(C=Nc3cc(Cl)ccc3C)c2C)cc1. The van der Waals surface area contributed by atoms with Crippen LogP contribution in [0.2, 0.25) is 5.02 Å². The molecule has 3 rings (SSSR count). The lowest BCUT2D eigenvalue weighted by Gasteiger charge is -2.10. The predicted octanol–water partition coefficient (Wildman–Crippen LogP) is 6.37. The molecule has 25 heavy (non-hydrogen) atoms. The van der Waals surface area contributed by atoms with E-state index < -0.39 is 0 Å². The summed E-state index contributed by atoms with van der Waals surface area (Å²) in [4.78, 5) is 4.65. The summed E-state index contributed by atoms with van der Waals surface area (Å²) >= 11 is 6.09. The van der Waals surface area contributed by atoms with Crippen LogP contribution in [0.1, 0.15) is 35.0 Å². The van der Waals surface area contributed by atoms with Gasteiger partial charge in [-0.05, 0) is 68.7 Å². The number of halogens is 1. The quantitative estimate of drug-likeness (QED) is 0.486. The van der Waals surface area contributed by atoms with Gasteiger partial charge in [-0.2, -0.15) is 0 Å². The zero-order valence-electron chi connectivity index (χ0n) is 15.2.